The fraction of sp³-hybridized carbons (Fsp3) is 0.471. The van der Waals surface area contributed by atoms with E-state index in [2.05, 4.69) is 0 Å². The molecular weight excluding hydrogens is 296 g/mol. The highest BCUT2D eigenvalue weighted by Crippen LogP contribution is 2.21. The van der Waals surface area contributed by atoms with Crippen LogP contribution in [0.3, 0.4) is 0 Å². The quantitative estimate of drug-likeness (QED) is 0.883. The van der Waals surface area contributed by atoms with Gasteiger partial charge < -0.3 is 14.9 Å². The molecule has 2 unspecified atom stereocenters. The lowest BCUT2D eigenvalue weighted by Crippen LogP contribution is -2.51. The van der Waals surface area contributed by atoms with Crippen LogP contribution >= 0.6 is 0 Å². The maximum Gasteiger partial charge on any atom is 0.326 e. The number of carboxylic acids is 1. The molecule has 1 aliphatic rings. The Morgan fingerprint density at radius 3 is 2.57 bits per heavy atom. The molecule has 0 radical (unpaired) electrons. The van der Waals surface area contributed by atoms with Crippen LogP contribution in [0.15, 0.2) is 30.3 Å². The summed E-state index contributed by atoms with van der Waals surface area (Å²) >= 11 is 0. The van der Waals surface area contributed by atoms with Crippen LogP contribution in [-0.4, -0.2) is 58.4 Å². The van der Waals surface area contributed by atoms with E-state index in [1.807, 2.05) is 30.3 Å². The van der Waals surface area contributed by atoms with Crippen molar-refractivity contribution in [2.24, 2.45) is 0 Å². The third kappa shape index (κ3) is 3.88. The number of likely N-dealkylation sites (tertiary alicyclic amines) is 1. The molecule has 0 aliphatic carbocycles. The van der Waals surface area contributed by atoms with Crippen molar-refractivity contribution >= 4 is 17.8 Å². The number of nitrogens with zero attached hydrogens (tertiary/aromatic N) is 2. The molecule has 2 rings (SSSR count). The number of rotatable bonds is 5. The van der Waals surface area contributed by atoms with E-state index in [0.29, 0.717) is 13.0 Å². The smallest absolute Gasteiger partial charge is 0.326 e. The topological polar surface area (TPSA) is 77.9 Å². The van der Waals surface area contributed by atoms with Crippen molar-refractivity contribution in [2.45, 2.75) is 38.3 Å². The molecule has 1 aliphatic heterocycles. The summed E-state index contributed by atoms with van der Waals surface area (Å²) in [6.07, 6.45) is 1.59. The average molecular weight is 318 g/mol. The van der Waals surface area contributed by atoms with E-state index in [4.69, 9.17) is 5.11 Å². The third-order valence-electron chi connectivity index (χ3n) is 4.34. The Bertz CT molecular complexity index is 588. The number of carbonyl (C=O) groups excluding carboxylic acids is 2. The number of hydrogen-bond donors (Lipinski definition) is 1. The zero-order valence-electron chi connectivity index (χ0n) is 13.4. The molecule has 0 bridgehead atoms. The number of carbonyl (C=O) groups is 3. The molecule has 0 spiro atoms. The molecular formula is C17H22N2O4. The molecule has 124 valence electrons. The van der Waals surface area contributed by atoms with Gasteiger partial charge in [-0.2, -0.15) is 0 Å². The second-order valence-electron chi connectivity index (χ2n) is 5.87. The van der Waals surface area contributed by atoms with Crippen LogP contribution in [-0.2, 0) is 20.8 Å². The summed E-state index contributed by atoms with van der Waals surface area (Å²) in [6, 6.07) is 7.92. The predicted molar refractivity (Wildman–Crippen MR) is 84.7 cm³/mol. The minimum absolute atomic E-state index is 0.0940. The van der Waals surface area contributed by atoms with Gasteiger partial charge in [0, 0.05) is 13.6 Å². The SMILES string of the molecule is CC(C(=O)O)N(C)C(=O)C1CCCN1C(=O)Cc1ccccc1. The predicted octanol–water partition coefficient (Wildman–Crippen LogP) is 1.15. The molecule has 23 heavy (non-hydrogen) atoms. The van der Waals surface area contributed by atoms with E-state index in [1.54, 1.807) is 4.90 Å². The van der Waals surface area contributed by atoms with Crippen molar-refractivity contribution in [3.63, 3.8) is 0 Å². The highest BCUT2D eigenvalue weighted by Gasteiger charge is 2.37. The summed E-state index contributed by atoms with van der Waals surface area (Å²) < 4.78 is 0. The number of carboxylic acid groups (broad SMARTS) is 1. The van der Waals surface area contributed by atoms with Crippen LogP contribution in [0.2, 0.25) is 0 Å². The van der Waals surface area contributed by atoms with Crippen molar-refractivity contribution in [2.75, 3.05) is 13.6 Å². The summed E-state index contributed by atoms with van der Waals surface area (Å²) in [7, 11) is 1.47. The van der Waals surface area contributed by atoms with Crippen molar-refractivity contribution in [3.05, 3.63) is 35.9 Å². The molecule has 1 fully saturated rings. The largest absolute Gasteiger partial charge is 0.480 e. The molecule has 6 heteroatoms. The molecule has 1 saturated heterocycles. The number of aliphatic carboxylic acids is 1. The first kappa shape index (κ1) is 17.0. The second kappa shape index (κ2) is 7.26. The van der Waals surface area contributed by atoms with E-state index >= 15 is 0 Å². The molecule has 6 nitrogen and oxygen atoms in total. The van der Waals surface area contributed by atoms with E-state index in [1.165, 1.54) is 18.9 Å². The van der Waals surface area contributed by atoms with Crippen molar-refractivity contribution in [3.8, 4) is 0 Å². The van der Waals surface area contributed by atoms with Gasteiger partial charge in [-0.05, 0) is 25.3 Å². The van der Waals surface area contributed by atoms with Crippen LogP contribution in [0.1, 0.15) is 25.3 Å². The van der Waals surface area contributed by atoms with E-state index in [9.17, 15) is 14.4 Å². The molecule has 0 saturated carbocycles. The molecule has 0 aromatic heterocycles. The number of benzene rings is 1. The normalized spacial score (nSPS) is 18.5. The minimum atomic E-state index is -1.05. The molecule has 1 N–H and O–H groups in total. The van der Waals surface area contributed by atoms with Gasteiger partial charge in [0.05, 0.1) is 6.42 Å². The Hall–Kier alpha value is -2.37. The van der Waals surface area contributed by atoms with E-state index in [0.717, 1.165) is 12.0 Å². The zero-order valence-corrected chi connectivity index (χ0v) is 13.4. The van der Waals surface area contributed by atoms with Gasteiger partial charge in [0.25, 0.3) is 0 Å². The lowest BCUT2D eigenvalue weighted by molar-refractivity contribution is -0.151. The van der Waals surface area contributed by atoms with Gasteiger partial charge in [-0.25, -0.2) is 4.79 Å². The summed E-state index contributed by atoms with van der Waals surface area (Å²) in [4.78, 5) is 38.9. The Morgan fingerprint density at radius 1 is 1.30 bits per heavy atom. The van der Waals surface area contributed by atoms with Crippen molar-refractivity contribution in [1.82, 2.24) is 9.80 Å². The molecule has 1 heterocycles. The van der Waals surface area contributed by atoms with Gasteiger partial charge >= 0.3 is 5.97 Å². The second-order valence-corrected chi connectivity index (χ2v) is 5.87. The summed E-state index contributed by atoms with van der Waals surface area (Å²) in [5.41, 5.74) is 0.905. The van der Waals surface area contributed by atoms with Gasteiger partial charge in [0.1, 0.15) is 12.1 Å². The molecule has 2 atom stereocenters. The Labute approximate surface area is 135 Å². The van der Waals surface area contributed by atoms with Crippen LogP contribution in [0.5, 0.6) is 0 Å². The maximum atomic E-state index is 12.5. The monoisotopic (exact) mass is 318 g/mol. The van der Waals surface area contributed by atoms with Crippen molar-refractivity contribution in [1.29, 1.82) is 0 Å². The van der Waals surface area contributed by atoms with E-state index in [-0.39, 0.29) is 18.2 Å². The van der Waals surface area contributed by atoms with Crippen LogP contribution in [0, 0.1) is 0 Å². The average Bonchev–Trinajstić information content (AvgIpc) is 3.03. The van der Waals surface area contributed by atoms with Gasteiger partial charge in [-0.15, -0.1) is 0 Å². The first-order valence-electron chi connectivity index (χ1n) is 7.74. The van der Waals surface area contributed by atoms with E-state index < -0.39 is 18.1 Å². The first-order valence-corrected chi connectivity index (χ1v) is 7.74. The van der Waals surface area contributed by atoms with Gasteiger partial charge in [-0.1, -0.05) is 30.3 Å². The number of amides is 2. The highest BCUT2D eigenvalue weighted by atomic mass is 16.4. The summed E-state index contributed by atoms with van der Waals surface area (Å²) in [5.74, 6) is -1.46. The minimum Gasteiger partial charge on any atom is -0.480 e. The molecule has 1 aromatic carbocycles. The standard InChI is InChI=1S/C17H22N2O4/c1-12(17(22)23)18(2)16(21)14-9-6-10-19(14)15(20)11-13-7-4-3-5-8-13/h3-5,7-8,12,14H,6,9-11H2,1-2H3,(H,22,23). The first-order chi connectivity index (χ1) is 10.9. The third-order valence-corrected chi connectivity index (χ3v) is 4.34. The van der Waals surface area contributed by atoms with Crippen LogP contribution < -0.4 is 0 Å². The molecule has 2 amide bonds. The summed E-state index contributed by atoms with van der Waals surface area (Å²) in [6.45, 7) is 2.00. The lowest BCUT2D eigenvalue weighted by atomic mass is 10.1. The lowest BCUT2D eigenvalue weighted by Gasteiger charge is -2.30. The molecule has 1 aromatic rings. The van der Waals surface area contributed by atoms with Crippen LogP contribution in [0.4, 0.5) is 0 Å². The van der Waals surface area contributed by atoms with Gasteiger partial charge in [0.2, 0.25) is 11.8 Å². The maximum absolute atomic E-state index is 12.5. The van der Waals surface area contributed by atoms with Gasteiger partial charge in [-0.3, -0.25) is 9.59 Å². The number of hydrogen-bond acceptors (Lipinski definition) is 3. The van der Waals surface area contributed by atoms with Crippen LogP contribution in [0.25, 0.3) is 0 Å². The number of likely N-dealkylation sites (N-methyl/N-ethyl adjacent to an activating group) is 1. The fourth-order valence-electron chi connectivity index (χ4n) is 2.79. The Morgan fingerprint density at radius 2 is 1.96 bits per heavy atom. The fourth-order valence-corrected chi connectivity index (χ4v) is 2.79. The highest BCUT2D eigenvalue weighted by molar-refractivity contribution is 5.91. The Balaban J connectivity index is 2.06. The van der Waals surface area contributed by atoms with Gasteiger partial charge in [0.15, 0.2) is 0 Å². The Kier molecular flexibility index (Phi) is 5.36. The van der Waals surface area contributed by atoms with Crippen molar-refractivity contribution < 1.29 is 19.5 Å². The summed E-state index contributed by atoms with van der Waals surface area (Å²) in [5, 5.41) is 9.04. The zero-order chi connectivity index (χ0) is 17.0.